The van der Waals surface area contributed by atoms with Gasteiger partial charge in [-0.05, 0) is 25.8 Å². The first-order valence-electron chi connectivity index (χ1n) is 4.95. The molecule has 0 unspecified atom stereocenters. The monoisotopic (exact) mass is 157 g/mol. The summed E-state index contributed by atoms with van der Waals surface area (Å²) in [6.45, 7) is 10.3. The van der Waals surface area contributed by atoms with Crippen molar-refractivity contribution in [1.82, 2.24) is 5.32 Å². The summed E-state index contributed by atoms with van der Waals surface area (Å²) in [7, 11) is 0. The fourth-order valence-corrected chi connectivity index (χ4v) is 1.06. The van der Waals surface area contributed by atoms with Crippen LogP contribution in [0.2, 0.25) is 0 Å². The van der Waals surface area contributed by atoms with E-state index < -0.39 is 0 Å². The topological polar surface area (TPSA) is 12.0 Å². The Balaban J connectivity index is 3.28. The van der Waals surface area contributed by atoms with Gasteiger partial charge in [0.15, 0.2) is 0 Å². The highest BCUT2D eigenvalue weighted by atomic mass is 14.9. The molecule has 11 heavy (non-hydrogen) atoms. The normalized spacial score (nSPS) is 16.4. The number of nitrogens with one attached hydrogen (secondary N) is 1. The van der Waals surface area contributed by atoms with Crippen LogP contribution in [0.3, 0.4) is 0 Å². The summed E-state index contributed by atoms with van der Waals surface area (Å²) in [6.07, 6.45) is 3.88. The highest BCUT2D eigenvalue weighted by Crippen LogP contribution is 2.06. The van der Waals surface area contributed by atoms with Crippen LogP contribution >= 0.6 is 0 Å². The van der Waals surface area contributed by atoms with Crippen molar-refractivity contribution in [3.8, 4) is 0 Å². The fourth-order valence-electron chi connectivity index (χ4n) is 1.06. The average Bonchev–Trinajstić information content (AvgIpc) is 2.03. The third-order valence-electron chi connectivity index (χ3n) is 2.49. The van der Waals surface area contributed by atoms with Gasteiger partial charge in [0, 0.05) is 6.04 Å². The Morgan fingerprint density at radius 1 is 1.18 bits per heavy atom. The van der Waals surface area contributed by atoms with Gasteiger partial charge in [-0.25, -0.2) is 0 Å². The summed E-state index contributed by atoms with van der Waals surface area (Å²) < 4.78 is 0. The van der Waals surface area contributed by atoms with Gasteiger partial charge in [0.05, 0.1) is 0 Å². The minimum Gasteiger partial charge on any atom is -0.314 e. The van der Waals surface area contributed by atoms with E-state index in [-0.39, 0.29) is 0 Å². The minimum absolute atomic E-state index is 0.687. The summed E-state index contributed by atoms with van der Waals surface area (Å²) >= 11 is 0. The van der Waals surface area contributed by atoms with Crippen LogP contribution in [0.25, 0.3) is 0 Å². The fraction of sp³-hybridized carbons (Fsp3) is 1.00. The molecule has 0 aromatic carbocycles. The molecule has 1 heteroatoms. The Morgan fingerprint density at radius 3 is 2.27 bits per heavy atom. The lowest BCUT2D eigenvalue weighted by Crippen LogP contribution is -2.32. The maximum absolute atomic E-state index is 3.53. The molecule has 0 rings (SSSR count). The Kier molecular flexibility index (Phi) is 6.63. The highest BCUT2D eigenvalue weighted by Gasteiger charge is 2.07. The van der Waals surface area contributed by atoms with Crippen LogP contribution in [0.4, 0.5) is 0 Å². The second-order valence-electron chi connectivity index (χ2n) is 3.48. The smallest absolute Gasteiger partial charge is 0.00642 e. The zero-order chi connectivity index (χ0) is 8.69. The highest BCUT2D eigenvalue weighted by molar-refractivity contribution is 4.66. The zero-order valence-electron chi connectivity index (χ0n) is 8.48. The second-order valence-corrected chi connectivity index (χ2v) is 3.48. The van der Waals surface area contributed by atoms with Gasteiger partial charge in [-0.3, -0.25) is 0 Å². The van der Waals surface area contributed by atoms with Gasteiger partial charge in [-0.2, -0.15) is 0 Å². The number of hydrogen-bond acceptors (Lipinski definition) is 1. The molecule has 1 N–H and O–H groups in total. The maximum atomic E-state index is 3.53. The second kappa shape index (κ2) is 6.66. The van der Waals surface area contributed by atoms with E-state index in [0.717, 1.165) is 5.92 Å². The summed E-state index contributed by atoms with van der Waals surface area (Å²) in [6, 6.07) is 0.687. The molecule has 0 bridgehead atoms. The number of hydrogen-bond donors (Lipinski definition) is 1. The summed E-state index contributed by atoms with van der Waals surface area (Å²) in [4.78, 5) is 0. The third kappa shape index (κ3) is 5.25. The predicted octanol–water partition coefficient (Wildman–Crippen LogP) is 2.81. The number of rotatable bonds is 6. The molecule has 0 saturated heterocycles. The molecule has 0 aromatic rings. The van der Waals surface area contributed by atoms with Crippen LogP contribution in [0, 0.1) is 5.92 Å². The first-order chi connectivity index (χ1) is 5.22. The van der Waals surface area contributed by atoms with Gasteiger partial charge in [0.25, 0.3) is 0 Å². The Bertz CT molecular complexity index is 80.9. The quantitative estimate of drug-likeness (QED) is 0.585. The first kappa shape index (κ1) is 11.0. The molecule has 0 fully saturated rings. The standard InChI is InChI=1S/C10H23N/c1-5-7-8-11-10(4)9(3)6-2/h9-11H,5-8H2,1-4H3/t9-,10-/m0/s1. The molecule has 68 valence electrons. The van der Waals surface area contributed by atoms with Crippen LogP contribution in [-0.4, -0.2) is 12.6 Å². The molecule has 0 amide bonds. The molecule has 1 nitrogen and oxygen atoms in total. The van der Waals surface area contributed by atoms with Crippen molar-refractivity contribution >= 4 is 0 Å². The first-order valence-corrected chi connectivity index (χ1v) is 4.95. The van der Waals surface area contributed by atoms with Gasteiger partial charge in [0.1, 0.15) is 0 Å². The van der Waals surface area contributed by atoms with Crippen LogP contribution in [-0.2, 0) is 0 Å². The molecule has 0 aliphatic carbocycles. The lowest BCUT2D eigenvalue weighted by molar-refractivity contribution is 0.388. The molecular weight excluding hydrogens is 134 g/mol. The Hall–Kier alpha value is -0.0400. The van der Waals surface area contributed by atoms with E-state index in [2.05, 4.69) is 33.0 Å². The SMILES string of the molecule is CCCCN[C@@H](C)[C@@H](C)CC. The van der Waals surface area contributed by atoms with Crippen LogP contribution in [0.1, 0.15) is 47.0 Å². The molecule has 0 aliphatic heterocycles. The van der Waals surface area contributed by atoms with Crippen molar-refractivity contribution in [2.45, 2.75) is 53.0 Å². The van der Waals surface area contributed by atoms with E-state index in [1.807, 2.05) is 0 Å². The van der Waals surface area contributed by atoms with Crippen molar-refractivity contribution in [3.63, 3.8) is 0 Å². The third-order valence-corrected chi connectivity index (χ3v) is 2.49. The van der Waals surface area contributed by atoms with Gasteiger partial charge in [-0.1, -0.05) is 33.6 Å². The lowest BCUT2D eigenvalue weighted by atomic mass is 10.0. The van der Waals surface area contributed by atoms with Crippen LogP contribution < -0.4 is 5.32 Å². The van der Waals surface area contributed by atoms with Gasteiger partial charge < -0.3 is 5.32 Å². The molecule has 0 aromatic heterocycles. The molecule has 0 spiro atoms. The van der Waals surface area contributed by atoms with Crippen molar-refractivity contribution in [1.29, 1.82) is 0 Å². The number of unbranched alkanes of at least 4 members (excludes halogenated alkanes) is 1. The predicted molar refractivity (Wildman–Crippen MR) is 51.8 cm³/mol. The lowest BCUT2D eigenvalue weighted by Gasteiger charge is -2.19. The summed E-state index contributed by atoms with van der Waals surface area (Å²) in [5, 5.41) is 3.53. The minimum atomic E-state index is 0.687. The van der Waals surface area contributed by atoms with E-state index in [1.54, 1.807) is 0 Å². The van der Waals surface area contributed by atoms with Gasteiger partial charge in [-0.15, -0.1) is 0 Å². The van der Waals surface area contributed by atoms with Crippen molar-refractivity contribution < 1.29 is 0 Å². The molecule has 0 aliphatic rings. The van der Waals surface area contributed by atoms with E-state index in [9.17, 15) is 0 Å². The van der Waals surface area contributed by atoms with Crippen LogP contribution in [0.5, 0.6) is 0 Å². The van der Waals surface area contributed by atoms with Crippen molar-refractivity contribution in [2.24, 2.45) is 5.92 Å². The van der Waals surface area contributed by atoms with Crippen LogP contribution in [0.15, 0.2) is 0 Å². The summed E-state index contributed by atoms with van der Waals surface area (Å²) in [5.41, 5.74) is 0. The van der Waals surface area contributed by atoms with Crippen molar-refractivity contribution in [2.75, 3.05) is 6.54 Å². The summed E-state index contributed by atoms with van der Waals surface area (Å²) in [5.74, 6) is 0.812. The van der Waals surface area contributed by atoms with E-state index >= 15 is 0 Å². The largest absolute Gasteiger partial charge is 0.314 e. The maximum Gasteiger partial charge on any atom is 0.00642 e. The molecular formula is C10H23N. The Morgan fingerprint density at radius 2 is 1.82 bits per heavy atom. The van der Waals surface area contributed by atoms with E-state index in [0.29, 0.717) is 6.04 Å². The zero-order valence-corrected chi connectivity index (χ0v) is 8.48. The van der Waals surface area contributed by atoms with E-state index in [1.165, 1.54) is 25.8 Å². The molecule has 0 radical (unpaired) electrons. The molecule has 0 heterocycles. The molecule has 0 saturated carbocycles. The van der Waals surface area contributed by atoms with Crippen molar-refractivity contribution in [3.05, 3.63) is 0 Å². The molecule has 2 atom stereocenters. The van der Waals surface area contributed by atoms with Gasteiger partial charge in [0.2, 0.25) is 0 Å². The van der Waals surface area contributed by atoms with Gasteiger partial charge >= 0.3 is 0 Å². The average molecular weight is 157 g/mol. The Labute approximate surface area is 71.6 Å². The van der Waals surface area contributed by atoms with E-state index in [4.69, 9.17) is 0 Å².